The average molecular weight is 379 g/mol. The van der Waals surface area contributed by atoms with Crippen molar-refractivity contribution in [1.82, 2.24) is 0 Å². The Morgan fingerprint density at radius 1 is 0.583 bits per heavy atom. The van der Waals surface area contributed by atoms with Gasteiger partial charge < -0.3 is 17.4 Å². The van der Waals surface area contributed by atoms with Gasteiger partial charge in [0.25, 0.3) is 0 Å². The van der Waals surface area contributed by atoms with Gasteiger partial charge in [0.1, 0.15) is 0 Å². The Morgan fingerprint density at radius 2 is 0.958 bits per heavy atom. The first-order valence-corrected chi connectivity index (χ1v) is 14.6. The van der Waals surface area contributed by atoms with Gasteiger partial charge in [0.05, 0.1) is 0 Å². The molecule has 0 aromatic carbocycles. The van der Waals surface area contributed by atoms with Gasteiger partial charge in [-0.25, -0.2) is 0 Å². The van der Waals surface area contributed by atoms with E-state index in [1.165, 1.54) is 70.6 Å². The Hall–Kier alpha value is 0.274. The molecule has 0 heterocycles. The van der Waals surface area contributed by atoms with E-state index in [4.69, 9.17) is 17.4 Å². The maximum atomic E-state index is 6.18. The molecule has 4 nitrogen and oxygen atoms in total. The summed E-state index contributed by atoms with van der Waals surface area (Å²) in [5.41, 5.74) is 0. The van der Waals surface area contributed by atoms with Crippen LogP contribution < -0.4 is 0 Å². The quantitative estimate of drug-likeness (QED) is 0.233. The van der Waals surface area contributed by atoms with Crippen LogP contribution in [0, 0.1) is 0 Å². The van der Waals surface area contributed by atoms with Crippen molar-refractivity contribution in [2.24, 2.45) is 0 Å². The third-order valence-electron chi connectivity index (χ3n) is 4.53. The Kier molecular flexibility index (Phi) is 14.6. The van der Waals surface area contributed by atoms with Gasteiger partial charge in [-0.1, -0.05) is 77.6 Å². The first-order valence-electron chi connectivity index (χ1n) is 9.81. The molecule has 0 aliphatic carbocycles. The lowest BCUT2D eigenvalue weighted by Crippen LogP contribution is -2.53. The molecule has 0 bridgehead atoms. The van der Waals surface area contributed by atoms with Gasteiger partial charge >= 0.3 is 9.05 Å². The molecule has 0 rings (SSSR count). The SMILES string of the molecule is CCCCCCCCCCCCC[Si](C)(C)O[Si](OC)(OC)OC. The first kappa shape index (κ1) is 24.3. The molecule has 0 saturated heterocycles. The van der Waals surface area contributed by atoms with Crippen molar-refractivity contribution in [1.29, 1.82) is 0 Å². The second-order valence-corrected chi connectivity index (χ2v) is 14.3. The van der Waals surface area contributed by atoms with Crippen LogP contribution in [-0.4, -0.2) is 38.7 Å². The normalized spacial score (nSPS) is 12.8. The highest BCUT2D eigenvalue weighted by atomic mass is 28.5. The van der Waals surface area contributed by atoms with Crippen LogP contribution in [0.15, 0.2) is 0 Å². The van der Waals surface area contributed by atoms with Gasteiger partial charge in [0.15, 0.2) is 8.32 Å². The second kappa shape index (κ2) is 14.4. The fourth-order valence-electron chi connectivity index (χ4n) is 2.98. The van der Waals surface area contributed by atoms with Crippen LogP contribution in [-0.2, 0) is 17.4 Å². The average Bonchev–Trinajstić information content (AvgIpc) is 2.57. The summed E-state index contributed by atoms with van der Waals surface area (Å²) in [5, 5.41) is 0. The maximum absolute atomic E-state index is 6.18. The molecular formula is C18H42O4Si2. The molecule has 0 atom stereocenters. The predicted molar refractivity (Wildman–Crippen MR) is 107 cm³/mol. The molecule has 0 spiro atoms. The zero-order chi connectivity index (χ0) is 18.3. The Labute approximate surface area is 153 Å². The second-order valence-electron chi connectivity index (χ2n) is 7.26. The van der Waals surface area contributed by atoms with Crippen molar-refractivity contribution in [2.75, 3.05) is 21.3 Å². The summed E-state index contributed by atoms with van der Waals surface area (Å²) in [6.45, 7) is 6.72. The minimum absolute atomic E-state index is 1.13. The summed E-state index contributed by atoms with van der Waals surface area (Å²) in [4.78, 5) is 0. The van der Waals surface area contributed by atoms with Gasteiger partial charge in [-0.05, 0) is 19.1 Å². The van der Waals surface area contributed by atoms with E-state index >= 15 is 0 Å². The van der Waals surface area contributed by atoms with Crippen molar-refractivity contribution in [3.8, 4) is 0 Å². The van der Waals surface area contributed by atoms with E-state index in [2.05, 4.69) is 20.0 Å². The van der Waals surface area contributed by atoms with E-state index in [0.717, 1.165) is 6.04 Å². The third-order valence-corrected chi connectivity index (χ3v) is 10.8. The summed E-state index contributed by atoms with van der Waals surface area (Å²) in [5.74, 6) is 0. The fraction of sp³-hybridized carbons (Fsp3) is 1.00. The molecule has 0 radical (unpaired) electrons. The molecule has 0 saturated carbocycles. The molecular weight excluding hydrogens is 336 g/mol. The molecule has 146 valence electrons. The van der Waals surface area contributed by atoms with Crippen LogP contribution in [0.2, 0.25) is 19.1 Å². The molecule has 0 aliphatic rings. The summed E-state index contributed by atoms with van der Waals surface area (Å²) in [6.07, 6.45) is 15.1. The third kappa shape index (κ3) is 11.8. The molecule has 6 heteroatoms. The first-order chi connectivity index (χ1) is 11.4. The van der Waals surface area contributed by atoms with Gasteiger partial charge in [-0.3, -0.25) is 0 Å². The molecule has 0 aromatic rings. The van der Waals surface area contributed by atoms with Crippen molar-refractivity contribution >= 4 is 17.4 Å². The van der Waals surface area contributed by atoms with Crippen LogP contribution in [0.25, 0.3) is 0 Å². The van der Waals surface area contributed by atoms with Crippen molar-refractivity contribution in [3.05, 3.63) is 0 Å². The molecule has 0 unspecified atom stereocenters. The predicted octanol–water partition coefficient (Wildman–Crippen LogP) is 5.89. The summed E-state index contributed by atoms with van der Waals surface area (Å²) in [7, 11) is 0.109. The lowest BCUT2D eigenvalue weighted by molar-refractivity contribution is 0.0478. The zero-order valence-electron chi connectivity index (χ0n) is 17.1. The lowest BCUT2D eigenvalue weighted by Gasteiger charge is -2.32. The molecule has 0 aliphatic heterocycles. The van der Waals surface area contributed by atoms with E-state index < -0.39 is 17.4 Å². The topological polar surface area (TPSA) is 36.9 Å². The van der Waals surface area contributed by atoms with Crippen LogP contribution in [0.3, 0.4) is 0 Å². The maximum Gasteiger partial charge on any atom is 0.668 e. The largest absolute Gasteiger partial charge is 0.668 e. The van der Waals surface area contributed by atoms with Gasteiger partial charge in [0.2, 0.25) is 0 Å². The molecule has 0 N–H and O–H groups in total. The van der Waals surface area contributed by atoms with Crippen LogP contribution >= 0.6 is 0 Å². The highest BCUT2D eigenvalue weighted by Gasteiger charge is 2.47. The smallest absolute Gasteiger partial charge is 0.394 e. The number of hydrogen-bond donors (Lipinski definition) is 0. The van der Waals surface area contributed by atoms with Gasteiger partial charge in [0, 0.05) is 21.3 Å². The molecule has 0 fully saturated rings. The van der Waals surface area contributed by atoms with Crippen molar-refractivity contribution in [2.45, 2.75) is 96.7 Å². The number of hydrogen-bond acceptors (Lipinski definition) is 4. The van der Waals surface area contributed by atoms with Gasteiger partial charge in [-0.15, -0.1) is 0 Å². The van der Waals surface area contributed by atoms with E-state index in [9.17, 15) is 0 Å². The summed E-state index contributed by atoms with van der Waals surface area (Å²) in [6, 6.07) is 1.13. The van der Waals surface area contributed by atoms with E-state index in [1.54, 1.807) is 21.3 Å². The van der Waals surface area contributed by atoms with Crippen molar-refractivity contribution < 1.29 is 17.4 Å². The molecule has 0 aromatic heterocycles. The van der Waals surface area contributed by atoms with Crippen LogP contribution in [0.5, 0.6) is 0 Å². The highest BCUT2D eigenvalue weighted by Crippen LogP contribution is 2.23. The van der Waals surface area contributed by atoms with Crippen LogP contribution in [0.4, 0.5) is 0 Å². The number of rotatable bonds is 17. The Bertz CT molecular complexity index is 276. The summed E-state index contributed by atoms with van der Waals surface area (Å²) < 4.78 is 22.3. The minimum atomic E-state index is -2.89. The Morgan fingerprint density at radius 3 is 1.33 bits per heavy atom. The molecule has 24 heavy (non-hydrogen) atoms. The monoisotopic (exact) mass is 378 g/mol. The van der Waals surface area contributed by atoms with E-state index in [-0.39, 0.29) is 0 Å². The van der Waals surface area contributed by atoms with E-state index in [0.29, 0.717) is 0 Å². The Balaban J connectivity index is 3.68. The standard InChI is InChI=1S/C18H42O4Si2/c1-7-8-9-10-11-12-13-14-15-16-17-18-23(5,6)22-24(19-2,20-3)21-4/h7-18H2,1-6H3. The minimum Gasteiger partial charge on any atom is -0.394 e. The summed E-state index contributed by atoms with van der Waals surface area (Å²) >= 11 is 0. The molecule has 0 amide bonds. The fourth-order valence-corrected chi connectivity index (χ4v) is 8.70. The van der Waals surface area contributed by atoms with Gasteiger partial charge in [-0.2, -0.15) is 0 Å². The van der Waals surface area contributed by atoms with Crippen LogP contribution in [0.1, 0.15) is 77.6 Å². The zero-order valence-corrected chi connectivity index (χ0v) is 19.1. The van der Waals surface area contributed by atoms with E-state index in [1.807, 2.05) is 0 Å². The lowest BCUT2D eigenvalue weighted by atomic mass is 10.1. The highest BCUT2D eigenvalue weighted by molar-refractivity contribution is 6.78. The number of unbranched alkanes of at least 4 members (excludes halogenated alkanes) is 10. The van der Waals surface area contributed by atoms with Crippen molar-refractivity contribution in [3.63, 3.8) is 0 Å².